The predicted octanol–water partition coefficient (Wildman–Crippen LogP) is 8.86. The molecule has 4 aromatic carbocycles. The van der Waals surface area contributed by atoms with Gasteiger partial charge in [-0.15, -0.1) is 0 Å². The summed E-state index contributed by atoms with van der Waals surface area (Å²) in [5.41, 5.74) is 9.86. The molecule has 0 amide bonds. The molecule has 3 aromatic heterocycles. The second kappa shape index (κ2) is 7.16. The van der Waals surface area contributed by atoms with Crippen LogP contribution in [0.1, 0.15) is 26.3 Å². The van der Waals surface area contributed by atoms with Crippen LogP contribution in [0.25, 0.3) is 60.5 Å². The van der Waals surface area contributed by atoms with Crippen molar-refractivity contribution in [3.05, 3.63) is 109 Å². The first-order chi connectivity index (χ1) is 17.0. The van der Waals surface area contributed by atoms with Crippen LogP contribution in [0.15, 0.2) is 103 Å². The Balaban J connectivity index is 1.46. The number of pyridine rings is 1. The van der Waals surface area contributed by atoms with Crippen LogP contribution in [0.3, 0.4) is 0 Å². The Morgan fingerprint density at radius 3 is 2.03 bits per heavy atom. The van der Waals surface area contributed by atoms with Crippen LogP contribution in [0.2, 0.25) is 0 Å². The maximum absolute atomic E-state index is 4.72. The summed E-state index contributed by atoms with van der Waals surface area (Å²) in [7, 11) is 0. The molecule has 0 saturated carbocycles. The van der Waals surface area contributed by atoms with Crippen LogP contribution in [0.4, 0.5) is 0 Å². The van der Waals surface area contributed by atoms with Gasteiger partial charge in [0.05, 0.1) is 22.2 Å². The number of para-hydroxylation sites is 1. The molecular weight excluding hydrogens is 424 g/mol. The van der Waals surface area contributed by atoms with E-state index in [4.69, 9.17) is 4.98 Å². The van der Waals surface area contributed by atoms with Gasteiger partial charge in [0.15, 0.2) is 0 Å². The van der Waals surface area contributed by atoms with Crippen molar-refractivity contribution in [2.75, 3.05) is 0 Å². The SMILES string of the molecule is CC(C)(C)c1ccc2c(c1)c1cccc3c4cc(-c5cc(-c6ccccc6)ccn5)ccc4n2c31. The van der Waals surface area contributed by atoms with Gasteiger partial charge in [-0.3, -0.25) is 4.98 Å². The molecule has 0 spiro atoms. The summed E-state index contributed by atoms with van der Waals surface area (Å²) >= 11 is 0. The molecule has 0 atom stereocenters. The summed E-state index contributed by atoms with van der Waals surface area (Å²) in [6, 6.07) is 35.2. The third-order valence-corrected chi connectivity index (χ3v) is 7.34. The molecule has 2 nitrogen and oxygen atoms in total. The minimum atomic E-state index is 0.123. The molecule has 168 valence electrons. The van der Waals surface area contributed by atoms with E-state index in [1.807, 2.05) is 6.20 Å². The Morgan fingerprint density at radius 2 is 1.29 bits per heavy atom. The van der Waals surface area contributed by atoms with Crippen molar-refractivity contribution in [1.82, 2.24) is 9.38 Å². The largest absolute Gasteiger partial charge is 0.308 e. The average Bonchev–Trinajstić information content (AvgIpc) is 3.40. The van der Waals surface area contributed by atoms with Crippen LogP contribution >= 0.6 is 0 Å². The standard InChI is InChI=1S/C33H26N2/c1-33(2,3)24-13-15-31-28(20-24)26-11-7-10-25-27-18-23(12-14-30(27)35(31)32(25)26)29-19-22(16-17-34-29)21-8-5-4-6-9-21/h4-20H,1-3H3. The summed E-state index contributed by atoms with van der Waals surface area (Å²) in [5, 5.41) is 5.23. The third-order valence-electron chi connectivity index (χ3n) is 7.34. The van der Waals surface area contributed by atoms with Gasteiger partial charge < -0.3 is 4.40 Å². The highest BCUT2D eigenvalue weighted by Crippen LogP contribution is 2.41. The lowest BCUT2D eigenvalue weighted by atomic mass is 9.86. The van der Waals surface area contributed by atoms with E-state index in [1.165, 1.54) is 54.8 Å². The van der Waals surface area contributed by atoms with E-state index < -0.39 is 0 Å². The molecule has 0 aliphatic heterocycles. The Bertz CT molecular complexity index is 1870. The molecule has 0 N–H and O–H groups in total. The molecule has 0 radical (unpaired) electrons. The Labute approximate surface area is 204 Å². The van der Waals surface area contributed by atoms with Crippen LogP contribution in [0.5, 0.6) is 0 Å². The zero-order valence-electron chi connectivity index (χ0n) is 20.2. The van der Waals surface area contributed by atoms with E-state index in [1.54, 1.807) is 0 Å². The van der Waals surface area contributed by atoms with Crippen LogP contribution < -0.4 is 0 Å². The second-order valence-corrected chi connectivity index (χ2v) is 10.5. The van der Waals surface area contributed by atoms with Crippen molar-refractivity contribution in [2.45, 2.75) is 26.2 Å². The quantitative estimate of drug-likeness (QED) is 0.257. The number of nitrogens with zero attached hydrogens (tertiary/aromatic N) is 2. The van der Waals surface area contributed by atoms with E-state index >= 15 is 0 Å². The first kappa shape index (κ1) is 20.2. The highest BCUT2D eigenvalue weighted by molar-refractivity contribution is 6.23. The summed E-state index contributed by atoms with van der Waals surface area (Å²) in [4.78, 5) is 4.72. The zero-order valence-corrected chi connectivity index (χ0v) is 20.2. The second-order valence-electron chi connectivity index (χ2n) is 10.5. The first-order valence-electron chi connectivity index (χ1n) is 12.2. The summed E-state index contributed by atoms with van der Waals surface area (Å²) in [6.45, 7) is 6.84. The highest BCUT2D eigenvalue weighted by Gasteiger charge is 2.20. The van der Waals surface area contributed by atoms with E-state index in [0.29, 0.717) is 0 Å². The lowest BCUT2D eigenvalue weighted by molar-refractivity contribution is 0.591. The fourth-order valence-corrected chi connectivity index (χ4v) is 5.51. The van der Waals surface area contributed by atoms with Gasteiger partial charge in [0, 0.05) is 33.3 Å². The lowest BCUT2D eigenvalue weighted by Crippen LogP contribution is -2.10. The van der Waals surface area contributed by atoms with Crippen LogP contribution in [-0.4, -0.2) is 9.38 Å². The van der Waals surface area contributed by atoms with E-state index in [0.717, 1.165) is 11.3 Å². The van der Waals surface area contributed by atoms with E-state index in [9.17, 15) is 0 Å². The molecule has 0 aliphatic carbocycles. The van der Waals surface area contributed by atoms with Gasteiger partial charge in [-0.25, -0.2) is 0 Å². The predicted molar refractivity (Wildman–Crippen MR) is 148 cm³/mol. The summed E-state index contributed by atoms with van der Waals surface area (Å²) in [6.07, 6.45) is 1.91. The van der Waals surface area contributed by atoms with Gasteiger partial charge in [-0.2, -0.15) is 0 Å². The number of hydrogen-bond donors (Lipinski definition) is 0. The lowest BCUT2D eigenvalue weighted by Gasteiger charge is -2.19. The van der Waals surface area contributed by atoms with Gasteiger partial charge in [-0.05, 0) is 58.5 Å². The third kappa shape index (κ3) is 2.99. The van der Waals surface area contributed by atoms with Crippen LogP contribution in [-0.2, 0) is 5.41 Å². The fraction of sp³-hybridized carbons (Fsp3) is 0.121. The minimum Gasteiger partial charge on any atom is -0.308 e. The molecule has 7 rings (SSSR count). The molecule has 2 heteroatoms. The zero-order chi connectivity index (χ0) is 23.7. The highest BCUT2D eigenvalue weighted by atomic mass is 14.9. The molecule has 0 saturated heterocycles. The summed E-state index contributed by atoms with van der Waals surface area (Å²) in [5.74, 6) is 0. The topological polar surface area (TPSA) is 17.3 Å². The normalized spacial score (nSPS) is 12.4. The molecular formula is C33H26N2. The fourth-order valence-electron chi connectivity index (χ4n) is 5.51. The van der Waals surface area contributed by atoms with Gasteiger partial charge >= 0.3 is 0 Å². The monoisotopic (exact) mass is 450 g/mol. The van der Waals surface area contributed by atoms with Gasteiger partial charge in [-0.1, -0.05) is 81.4 Å². The molecule has 0 aliphatic rings. The molecule has 0 unspecified atom stereocenters. The minimum absolute atomic E-state index is 0.123. The molecule has 0 fully saturated rings. The van der Waals surface area contributed by atoms with Crippen molar-refractivity contribution < 1.29 is 0 Å². The maximum Gasteiger partial charge on any atom is 0.0708 e. The molecule has 0 bridgehead atoms. The van der Waals surface area contributed by atoms with Gasteiger partial charge in [0.2, 0.25) is 0 Å². The van der Waals surface area contributed by atoms with Crippen LogP contribution in [0, 0.1) is 0 Å². The van der Waals surface area contributed by atoms with Crippen molar-refractivity contribution in [1.29, 1.82) is 0 Å². The number of benzene rings is 4. The summed E-state index contributed by atoms with van der Waals surface area (Å²) < 4.78 is 2.44. The van der Waals surface area contributed by atoms with E-state index in [2.05, 4.69) is 122 Å². The van der Waals surface area contributed by atoms with Gasteiger partial charge in [0.25, 0.3) is 0 Å². The Hall–Kier alpha value is -4.17. The van der Waals surface area contributed by atoms with Crippen molar-refractivity contribution >= 4 is 38.1 Å². The molecule has 7 aromatic rings. The number of rotatable bonds is 2. The van der Waals surface area contributed by atoms with Gasteiger partial charge in [0.1, 0.15) is 0 Å². The molecule has 3 heterocycles. The number of aromatic nitrogens is 2. The van der Waals surface area contributed by atoms with E-state index in [-0.39, 0.29) is 5.41 Å². The van der Waals surface area contributed by atoms with Crippen molar-refractivity contribution in [3.63, 3.8) is 0 Å². The Morgan fingerprint density at radius 1 is 0.571 bits per heavy atom. The maximum atomic E-state index is 4.72. The smallest absolute Gasteiger partial charge is 0.0708 e. The number of hydrogen-bond acceptors (Lipinski definition) is 1. The number of fused-ring (bicyclic) bond motifs is 6. The Kier molecular flexibility index (Phi) is 4.14. The van der Waals surface area contributed by atoms with Crippen molar-refractivity contribution in [3.8, 4) is 22.4 Å². The molecule has 35 heavy (non-hydrogen) atoms. The first-order valence-corrected chi connectivity index (χ1v) is 12.2. The average molecular weight is 451 g/mol. The van der Waals surface area contributed by atoms with Crippen molar-refractivity contribution in [2.24, 2.45) is 0 Å².